The molecule has 1 amide bonds. The minimum Gasteiger partial charge on any atom is -0.496 e. The number of benzene rings is 1. The van der Waals surface area contributed by atoms with Crippen LogP contribution in [0, 0.1) is 6.92 Å². The van der Waals surface area contributed by atoms with Gasteiger partial charge in [0.25, 0.3) is 5.91 Å². The van der Waals surface area contributed by atoms with Crippen LogP contribution in [0.3, 0.4) is 0 Å². The monoisotopic (exact) mass is 363 g/mol. The summed E-state index contributed by atoms with van der Waals surface area (Å²) in [5, 5.41) is 3.48. The topological polar surface area (TPSA) is 67.0 Å². The quantitative estimate of drug-likeness (QED) is 0.740. The Labute approximate surface area is 147 Å². The summed E-state index contributed by atoms with van der Waals surface area (Å²) in [5.74, 6) is -0.102. The molecule has 0 bridgehead atoms. The smallest absolute Gasteiger partial charge is 0.416 e. The lowest BCUT2D eigenvalue weighted by Gasteiger charge is -2.13. The van der Waals surface area contributed by atoms with Gasteiger partial charge in [0.2, 0.25) is 0 Å². The molecule has 3 aromatic rings. The fourth-order valence-corrected chi connectivity index (χ4v) is 2.79. The number of carbonyl (C=O) groups is 1. The van der Waals surface area contributed by atoms with Crippen molar-refractivity contribution in [3.63, 3.8) is 0 Å². The second-order valence-electron chi connectivity index (χ2n) is 5.75. The van der Waals surface area contributed by atoms with Gasteiger partial charge in [-0.3, -0.25) is 9.78 Å². The van der Waals surface area contributed by atoms with Gasteiger partial charge in [-0.15, -0.1) is 0 Å². The number of ether oxygens (including phenoxy) is 1. The van der Waals surface area contributed by atoms with E-state index in [-0.39, 0.29) is 12.2 Å². The van der Waals surface area contributed by atoms with Gasteiger partial charge in [-0.2, -0.15) is 13.2 Å². The lowest BCUT2D eigenvalue weighted by molar-refractivity contribution is -0.137. The van der Waals surface area contributed by atoms with Gasteiger partial charge in [-0.05, 0) is 36.8 Å². The van der Waals surface area contributed by atoms with Crippen molar-refractivity contribution >= 4 is 16.8 Å². The van der Waals surface area contributed by atoms with Crippen molar-refractivity contribution in [2.24, 2.45) is 0 Å². The van der Waals surface area contributed by atoms with Crippen molar-refractivity contribution in [3.05, 3.63) is 59.0 Å². The molecule has 2 N–H and O–H groups in total. The highest BCUT2D eigenvalue weighted by Crippen LogP contribution is 2.31. The molecule has 1 aromatic carbocycles. The molecule has 0 saturated heterocycles. The van der Waals surface area contributed by atoms with Gasteiger partial charge in [-0.25, -0.2) is 0 Å². The van der Waals surface area contributed by atoms with E-state index in [0.29, 0.717) is 5.75 Å². The molecule has 2 heterocycles. The standard InChI is InChI=1S/C18H16F3N3O2/c1-10-7-15(26-2)13(12-4-6-23-16(10)12)9-24-17(25)14-8-11(3-5-22-14)18(19,20)21/h3-8,23H,9H2,1-2H3,(H,24,25). The molecule has 0 aliphatic carbocycles. The summed E-state index contributed by atoms with van der Waals surface area (Å²) >= 11 is 0. The number of nitrogens with zero attached hydrogens (tertiary/aromatic N) is 1. The number of aromatic nitrogens is 2. The Hall–Kier alpha value is -3.03. The van der Waals surface area contributed by atoms with Crippen LogP contribution in [-0.4, -0.2) is 23.0 Å². The first-order valence-electron chi connectivity index (χ1n) is 7.76. The number of rotatable bonds is 4. The molecule has 136 valence electrons. The zero-order valence-corrected chi connectivity index (χ0v) is 14.1. The lowest BCUT2D eigenvalue weighted by atomic mass is 10.0. The second kappa shape index (κ2) is 6.70. The number of aromatic amines is 1. The largest absolute Gasteiger partial charge is 0.496 e. The number of fused-ring (bicyclic) bond motifs is 1. The molecule has 0 saturated carbocycles. The molecule has 0 fully saturated rings. The zero-order chi connectivity index (χ0) is 18.9. The number of H-pyrrole nitrogens is 1. The predicted octanol–water partition coefficient (Wildman–Crippen LogP) is 3.83. The number of hydrogen-bond donors (Lipinski definition) is 2. The number of hydrogen-bond acceptors (Lipinski definition) is 3. The predicted molar refractivity (Wildman–Crippen MR) is 90.0 cm³/mol. The van der Waals surface area contributed by atoms with Crippen LogP contribution in [0.1, 0.15) is 27.2 Å². The SMILES string of the molecule is COc1cc(C)c2[nH]ccc2c1CNC(=O)c1cc(C(F)(F)F)ccn1. The lowest BCUT2D eigenvalue weighted by Crippen LogP contribution is -2.24. The van der Waals surface area contributed by atoms with Crippen LogP contribution in [0.2, 0.25) is 0 Å². The minimum absolute atomic E-state index is 0.0918. The van der Waals surface area contributed by atoms with Gasteiger partial charge in [0.1, 0.15) is 11.4 Å². The summed E-state index contributed by atoms with van der Waals surface area (Å²) in [6, 6.07) is 5.24. The molecule has 5 nitrogen and oxygen atoms in total. The van der Waals surface area contributed by atoms with Crippen LogP contribution in [0.4, 0.5) is 13.2 Å². The maximum absolute atomic E-state index is 12.8. The highest BCUT2D eigenvalue weighted by Gasteiger charge is 2.31. The summed E-state index contributed by atoms with van der Waals surface area (Å²) < 4.78 is 43.7. The first kappa shape index (κ1) is 17.8. The second-order valence-corrected chi connectivity index (χ2v) is 5.75. The van der Waals surface area contributed by atoms with Crippen molar-refractivity contribution in [1.82, 2.24) is 15.3 Å². The average molecular weight is 363 g/mol. The molecular formula is C18H16F3N3O2. The van der Waals surface area contributed by atoms with Crippen molar-refractivity contribution in [1.29, 1.82) is 0 Å². The molecule has 0 unspecified atom stereocenters. The van der Waals surface area contributed by atoms with Crippen LogP contribution in [-0.2, 0) is 12.7 Å². The van der Waals surface area contributed by atoms with Crippen LogP contribution in [0.15, 0.2) is 36.7 Å². The number of aryl methyl sites for hydroxylation is 1. The third kappa shape index (κ3) is 3.35. The Kier molecular flexibility index (Phi) is 4.58. The van der Waals surface area contributed by atoms with E-state index in [4.69, 9.17) is 4.74 Å². The summed E-state index contributed by atoms with van der Waals surface area (Å²) in [6.45, 7) is 2.02. The normalized spacial score (nSPS) is 11.6. The van der Waals surface area contributed by atoms with E-state index in [1.54, 1.807) is 6.20 Å². The number of nitrogens with one attached hydrogen (secondary N) is 2. The fraction of sp³-hybridized carbons (Fsp3) is 0.222. The number of methoxy groups -OCH3 is 1. The zero-order valence-electron chi connectivity index (χ0n) is 14.1. The van der Waals surface area contributed by atoms with E-state index < -0.39 is 17.6 Å². The van der Waals surface area contributed by atoms with Crippen molar-refractivity contribution in [3.8, 4) is 5.75 Å². The van der Waals surface area contributed by atoms with Crippen LogP contribution >= 0.6 is 0 Å². The van der Waals surface area contributed by atoms with Gasteiger partial charge in [0, 0.05) is 35.4 Å². The molecule has 0 radical (unpaired) electrons. The molecule has 8 heteroatoms. The Morgan fingerprint density at radius 3 is 2.77 bits per heavy atom. The fourth-order valence-electron chi connectivity index (χ4n) is 2.79. The number of alkyl halides is 3. The third-order valence-electron chi connectivity index (χ3n) is 4.08. The van der Waals surface area contributed by atoms with E-state index >= 15 is 0 Å². The van der Waals surface area contributed by atoms with Crippen molar-refractivity contribution < 1.29 is 22.7 Å². The molecule has 26 heavy (non-hydrogen) atoms. The Morgan fingerprint density at radius 1 is 1.31 bits per heavy atom. The highest BCUT2D eigenvalue weighted by atomic mass is 19.4. The Bertz CT molecular complexity index is 964. The summed E-state index contributed by atoms with van der Waals surface area (Å²) in [5.41, 5.74) is 1.41. The van der Waals surface area contributed by atoms with Gasteiger partial charge in [0.05, 0.1) is 12.7 Å². The van der Waals surface area contributed by atoms with Gasteiger partial charge in [-0.1, -0.05) is 0 Å². The third-order valence-corrected chi connectivity index (χ3v) is 4.08. The minimum atomic E-state index is -4.53. The number of halogens is 3. The number of pyridine rings is 1. The van der Waals surface area contributed by atoms with Crippen molar-refractivity contribution in [2.75, 3.05) is 7.11 Å². The van der Waals surface area contributed by atoms with Crippen molar-refractivity contribution in [2.45, 2.75) is 19.6 Å². The Balaban J connectivity index is 1.86. The average Bonchev–Trinajstić information content (AvgIpc) is 3.10. The van der Waals surface area contributed by atoms with Gasteiger partial charge in [0.15, 0.2) is 0 Å². The van der Waals surface area contributed by atoms with E-state index in [1.165, 1.54) is 7.11 Å². The molecular weight excluding hydrogens is 347 g/mol. The highest BCUT2D eigenvalue weighted by molar-refractivity contribution is 5.93. The maximum atomic E-state index is 12.8. The first-order valence-corrected chi connectivity index (χ1v) is 7.76. The summed E-state index contributed by atoms with van der Waals surface area (Å²) in [6.07, 6.45) is -1.79. The first-order chi connectivity index (χ1) is 12.3. The van der Waals surface area contributed by atoms with Crippen LogP contribution in [0.25, 0.3) is 10.9 Å². The summed E-state index contributed by atoms with van der Waals surface area (Å²) in [7, 11) is 1.52. The molecule has 0 aliphatic rings. The number of carbonyl (C=O) groups excluding carboxylic acids is 1. The van der Waals surface area contributed by atoms with Crippen LogP contribution < -0.4 is 10.1 Å². The van der Waals surface area contributed by atoms with E-state index in [1.807, 2.05) is 19.1 Å². The molecule has 0 atom stereocenters. The van der Waals surface area contributed by atoms with Gasteiger partial charge >= 0.3 is 6.18 Å². The molecule has 0 aliphatic heterocycles. The van der Waals surface area contributed by atoms with E-state index in [2.05, 4.69) is 15.3 Å². The van der Waals surface area contributed by atoms with Crippen LogP contribution in [0.5, 0.6) is 5.75 Å². The van der Waals surface area contributed by atoms with Gasteiger partial charge < -0.3 is 15.0 Å². The molecule has 2 aromatic heterocycles. The number of amides is 1. The summed E-state index contributed by atoms with van der Waals surface area (Å²) in [4.78, 5) is 19.1. The molecule has 3 rings (SSSR count). The van der Waals surface area contributed by atoms with E-state index in [0.717, 1.165) is 40.4 Å². The molecule has 0 spiro atoms. The maximum Gasteiger partial charge on any atom is 0.416 e. The van der Waals surface area contributed by atoms with E-state index in [9.17, 15) is 18.0 Å². The Morgan fingerprint density at radius 2 is 2.08 bits per heavy atom.